The van der Waals surface area contributed by atoms with Crippen molar-refractivity contribution in [2.45, 2.75) is 39.3 Å². The van der Waals surface area contributed by atoms with E-state index in [1.54, 1.807) is 19.2 Å². The number of hydrogen-bond acceptors (Lipinski definition) is 3. The molecule has 1 rings (SSSR count). The monoisotopic (exact) mass is 269 g/mol. The second-order valence-corrected chi connectivity index (χ2v) is 5.76. The van der Waals surface area contributed by atoms with Crippen LogP contribution in [0.1, 0.15) is 26.3 Å². The zero-order chi connectivity index (χ0) is 14.5. The molecule has 0 bridgehead atoms. The van der Waals surface area contributed by atoms with Crippen LogP contribution in [-0.2, 0) is 4.74 Å². The van der Waals surface area contributed by atoms with Crippen LogP contribution in [0.2, 0.25) is 0 Å². The Hall–Kier alpha value is -1.13. The van der Waals surface area contributed by atoms with Gasteiger partial charge in [-0.25, -0.2) is 4.39 Å². The number of ether oxygens (including phenoxy) is 2. The molecule has 4 heteroatoms. The first-order valence-corrected chi connectivity index (χ1v) is 6.48. The van der Waals surface area contributed by atoms with Gasteiger partial charge in [0.2, 0.25) is 0 Å². The average molecular weight is 269 g/mol. The van der Waals surface area contributed by atoms with E-state index in [0.717, 1.165) is 5.56 Å². The van der Waals surface area contributed by atoms with Gasteiger partial charge in [0.05, 0.1) is 6.61 Å². The highest BCUT2D eigenvalue weighted by Gasteiger charge is 2.17. The zero-order valence-corrected chi connectivity index (χ0v) is 12.4. The smallest absolute Gasteiger partial charge is 0.165 e. The number of hydrogen-bond donors (Lipinski definition) is 1. The van der Waals surface area contributed by atoms with Crippen LogP contribution in [-0.4, -0.2) is 31.9 Å². The van der Waals surface area contributed by atoms with Gasteiger partial charge >= 0.3 is 0 Å². The van der Waals surface area contributed by atoms with Crippen LogP contribution in [0.25, 0.3) is 0 Å². The fourth-order valence-corrected chi connectivity index (χ4v) is 1.62. The van der Waals surface area contributed by atoms with E-state index in [9.17, 15) is 4.39 Å². The molecule has 1 N–H and O–H groups in total. The molecule has 1 atom stereocenters. The van der Waals surface area contributed by atoms with E-state index < -0.39 is 0 Å². The van der Waals surface area contributed by atoms with Crippen molar-refractivity contribution in [3.63, 3.8) is 0 Å². The summed E-state index contributed by atoms with van der Waals surface area (Å²) in [6.07, 6.45) is -0.222. The van der Waals surface area contributed by atoms with E-state index in [2.05, 4.69) is 26.1 Å². The maximum Gasteiger partial charge on any atom is 0.165 e. The van der Waals surface area contributed by atoms with Crippen LogP contribution >= 0.6 is 0 Å². The Morgan fingerprint density at radius 2 is 2.00 bits per heavy atom. The summed E-state index contributed by atoms with van der Waals surface area (Å²) >= 11 is 0. The van der Waals surface area contributed by atoms with Crippen molar-refractivity contribution in [2.24, 2.45) is 0 Å². The fourth-order valence-electron chi connectivity index (χ4n) is 1.62. The molecule has 0 radical (unpaired) electrons. The van der Waals surface area contributed by atoms with Crippen molar-refractivity contribution in [2.75, 3.05) is 20.3 Å². The highest BCUT2D eigenvalue weighted by Crippen LogP contribution is 2.19. The van der Waals surface area contributed by atoms with Crippen LogP contribution in [0.15, 0.2) is 18.2 Å². The van der Waals surface area contributed by atoms with Crippen molar-refractivity contribution in [3.05, 3.63) is 29.6 Å². The minimum atomic E-state index is -0.345. The number of benzene rings is 1. The number of halogens is 1. The number of nitrogens with one attached hydrogen (secondary N) is 1. The molecule has 1 aromatic carbocycles. The maximum absolute atomic E-state index is 13.7. The van der Waals surface area contributed by atoms with Gasteiger partial charge in [-0.2, -0.15) is 0 Å². The Balaban J connectivity index is 2.69. The van der Waals surface area contributed by atoms with Gasteiger partial charge in [0.1, 0.15) is 6.10 Å². The summed E-state index contributed by atoms with van der Waals surface area (Å²) in [5.74, 6) is -0.0692. The third kappa shape index (κ3) is 6.03. The van der Waals surface area contributed by atoms with Gasteiger partial charge in [0, 0.05) is 19.2 Å². The topological polar surface area (TPSA) is 30.5 Å². The molecule has 0 amide bonds. The van der Waals surface area contributed by atoms with E-state index in [1.807, 2.05) is 6.92 Å². The van der Waals surface area contributed by atoms with Gasteiger partial charge < -0.3 is 14.8 Å². The molecule has 0 aliphatic carbocycles. The lowest BCUT2D eigenvalue weighted by atomic mass is 10.1. The van der Waals surface area contributed by atoms with Crippen LogP contribution in [0, 0.1) is 12.7 Å². The Morgan fingerprint density at radius 1 is 1.32 bits per heavy atom. The molecule has 3 nitrogen and oxygen atoms in total. The average Bonchev–Trinajstić information content (AvgIpc) is 2.30. The normalized spacial score (nSPS) is 13.4. The highest BCUT2D eigenvalue weighted by atomic mass is 19.1. The van der Waals surface area contributed by atoms with Crippen molar-refractivity contribution < 1.29 is 13.9 Å². The molecule has 0 heterocycles. The lowest BCUT2D eigenvalue weighted by Gasteiger charge is -2.25. The third-order valence-corrected chi connectivity index (χ3v) is 2.59. The zero-order valence-electron chi connectivity index (χ0n) is 12.4. The van der Waals surface area contributed by atoms with Crippen LogP contribution in [0.5, 0.6) is 5.75 Å². The highest BCUT2D eigenvalue weighted by molar-refractivity contribution is 5.29. The predicted octanol–water partition coefficient (Wildman–Crippen LogP) is 2.92. The summed E-state index contributed by atoms with van der Waals surface area (Å²) in [7, 11) is 1.61. The summed E-state index contributed by atoms with van der Waals surface area (Å²) in [5.41, 5.74) is 0.955. The van der Waals surface area contributed by atoms with E-state index in [1.165, 1.54) is 6.07 Å². The number of methoxy groups -OCH3 is 1. The molecular weight excluding hydrogens is 245 g/mol. The Kier molecular flexibility index (Phi) is 5.76. The first-order valence-electron chi connectivity index (χ1n) is 6.48. The maximum atomic E-state index is 13.7. The SMILES string of the molecule is COCC(CNC(C)(C)C)Oc1cc(C)ccc1F. The summed E-state index contributed by atoms with van der Waals surface area (Å²) in [4.78, 5) is 0. The van der Waals surface area contributed by atoms with Gasteiger partial charge in [0.15, 0.2) is 11.6 Å². The molecular formula is C15H24FNO2. The molecule has 1 unspecified atom stereocenters. The van der Waals surface area contributed by atoms with Gasteiger partial charge in [-0.15, -0.1) is 0 Å². The summed E-state index contributed by atoms with van der Waals surface area (Å²) < 4.78 is 24.5. The molecule has 0 saturated heterocycles. The first-order chi connectivity index (χ1) is 8.81. The molecule has 1 aromatic rings. The lowest BCUT2D eigenvalue weighted by molar-refractivity contribution is 0.0738. The van der Waals surface area contributed by atoms with Gasteiger partial charge in [-0.3, -0.25) is 0 Å². The molecule has 0 aliphatic heterocycles. The Labute approximate surface area is 115 Å². The van der Waals surface area contributed by atoms with E-state index in [-0.39, 0.29) is 23.2 Å². The van der Waals surface area contributed by atoms with E-state index in [0.29, 0.717) is 13.2 Å². The lowest BCUT2D eigenvalue weighted by Crippen LogP contribution is -2.44. The van der Waals surface area contributed by atoms with Crippen molar-refractivity contribution in [1.82, 2.24) is 5.32 Å². The molecule has 108 valence electrons. The minimum absolute atomic E-state index is 0.0134. The Bertz CT molecular complexity index is 402. The summed E-state index contributed by atoms with van der Waals surface area (Å²) in [6, 6.07) is 4.85. The molecule has 0 spiro atoms. The second-order valence-electron chi connectivity index (χ2n) is 5.76. The third-order valence-electron chi connectivity index (χ3n) is 2.59. The molecule has 0 aromatic heterocycles. The number of rotatable bonds is 6. The van der Waals surface area contributed by atoms with E-state index >= 15 is 0 Å². The van der Waals surface area contributed by atoms with Crippen molar-refractivity contribution >= 4 is 0 Å². The minimum Gasteiger partial charge on any atom is -0.484 e. The van der Waals surface area contributed by atoms with Gasteiger partial charge in [0.25, 0.3) is 0 Å². The summed E-state index contributed by atoms with van der Waals surface area (Å²) in [6.45, 7) is 9.14. The fraction of sp³-hybridized carbons (Fsp3) is 0.600. The summed E-state index contributed by atoms with van der Waals surface area (Å²) in [5, 5.41) is 3.33. The number of aryl methyl sites for hydroxylation is 1. The predicted molar refractivity (Wildman–Crippen MR) is 75.2 cm³/mol. The van der Waals surface area contributed by atoms with Crippen molar-refractivity contribution in [3.8, 4) is 5.75 Å². The van der Waals surface area contributed by atoms with Gasteiger partial charge in [-0.05, 0) is 45.4 Å². The molecule has 0 aliphatic rings. The second kappa shape index (κ2) is 6.87. The molecule has 0 saturated carbocycles. The van der Waals surface area contributed by atoms with Crippen molar-refractivity contribution in [1.29, 1.82) is 0 Å². The van der Waals surface area contributed by atoms with Crippen LogP contribution in [0.4, 0.5) is 4.39 Å². The van der Waals surface area contributed by atoms with Crippen LogP contribution in [0.3, 0.4) is 0 Å². The molecule has 0 fully saturated rings. The Morgan fingerprint density at radius 3 is 2.58 bits per heavy atom. The van der Waals surface area contributed by atoms with Crippen LogP contribution < -0.4 is 10.1 Å². The largest absolute Gasteiger partial charge is 0.484 e. The standard InChI is InChI=1S/C15H24FNO2/c1-11-6-7-13(16)14(8-11)19-12(10-18-5)9-17-15(2,3)4/h6-8,12,17H,9-10H2,1-5H3. The van der Waals surface area contributed by atoms with E-state index in [4.69, 9.17) is 9.47 Å². The first kappa shape index (κ1) is 15.9. The van der Waals surface area contributed by atoms with Gasteiger partial charge in [-0.1, -0.05) is 6.07 Å². The quantitative estimate of drug-likeness (QED) is 0.861. The molecule has 19 heavy (non-hydrogen) atoms.